The van der Waals surface area contributed by atoms with Gasteiger partial charge < -0.3 is 19.9 Å². The number of nitrogens with one attached hydrogen (secondary N) is 1. The molecule has 0 unspecified atom stereocenters. The summed E-state index contributed by atoms with van der Waals surface area (Å²) in [5.41, 5.74) is 2.43. The van der Waals surface area contributed by atoms with Crippen LogP contribution in [0.25, 0.3) is 0 Å². The van der Waals surface area contributed by atoms with Gasteiger partial charge in [0.25, 0.3) is 0 Å². The van der Waals surface area contributed by atoms with Crippen LogP contribution in [0.1, 0.15) is 12.5 Å². The number of nitrogens with zero attached hydrogens (tertiary/aromatic N) is 2. The van der Waals surface area contributed by atoms with E-state index in [9.17, 15) is 4.79 Å². The number of piperazine rings is 1. The summed E-state index contributed by atoms with van der Waals surface area (Å²) in [4.78, 5) is 15.8. The summed E-state index contributed by atoms with van der Waals surface area (Å²) < 4.78 is 6.14. The van der Waals surface area contributed by atoms with Gasteiger partial charge in [0.2, 0.25) is 0 Å². The number of carbonyl (C=O) groups excluding carboxylic acids is 1. The Morgan fingerprint density at radius 3 is 2.62 bits per heavy atom. The molecule has 1 amide bonds. The minimum Gasteiger partial charge on any atom is -0.450 e. The number of hydrogen-bond donors (Lipinski definition) is 1. The van der Waals surface area contributed by atoms with Crippen molar-refractivity contribution >= 4 is 27.7 Å². The summed E-state index contributed by atoms with van der Waals surface area (Å²) in [7, 11) is 1.94. The molecule has 1 aromatic carbocycles. The van der Waals surface area contributed by atoms with Gasteiger partial charge in [0.1, 0.15) is 0 Å². The van der Waals surface area contributed by atoms with Crippen molar-refractivity contribution in [1.29, 1.82) is 0 Å². The third-order valence-corrected chi connectivity index (χ3v) is 4.17. The van der Waals surface area contributed by atoms with Crippen LogP contribution in [0.5, 0.6) is 0 Å². The number of amides is 1. The van der Waals surface area contributed by atoms with E-state index in [4.69, 9.17) is 4.74 Å². The molecule has 5 nitrogen and oxygen atoms in total. The predicted molar refractivity (Wildman–Crippen MR) is 87.7 cm³/mol. The van der Waals surface area contributed by atoms with Crippen LogP contribution in [-0.2, 0) is 11.3 Å². The van der Waals surface area contributed by atoms with Crippen LogP contribution in [-0.4, -0.2) is 50.8 Å². The lowest BCUT2D eigenvalue weighted by atomic mass is 10.2. The molecule has 21 heavy (non-hydrogen) atoms. The Kier molecular flexibility index (Phi) is 5.87. The van der Waals surface area contributed by atoms with Crippen LogP contribution >= 0.6 is 15.9 Å². The van der Waals surface area contributed by atoms with E-state index in [1.165, 1.54) is 11.3 Å². The topological polar surface area (TPSA) is 44.8 Å². The van der Waals surface area contributed by atoms with E-state index in [1.807, 2.05) is 14.0 Å². The summed E-state index contributed by atoms with van der Waals surface area (Å²) in [6.07, 6.45) is -0.208. The maximum Gasteiger partial charge on any atom is 0.409 e. The molecule has 0 saturated carbocycles. The number of carbonyl (C=O) groups is 1. The van der Waals surface area contributed by atoms with Crippen molar-refractivity contribution in [3.05, 3.63) is 28.2 Å². The Balaban J connectivity index is 1.97. The molecule has 0 bridgehead atoms. The van der Waals surface area contributed by atoms with Crippen LogP contribution in [0, 0.1) is 0 Å². The third-order valence-electron chi connectivity index (χ3n) is 3.54. The van der Waals surface area contributed by atoms with Crippen molar-refractivity contribution < 1.29 is 9.53 Å². The normalized spacial score (nSPS) is 15.2. The van der Waals surface area contributed by atoms with E-state index in [1.54, 1.807) is 4.90 Å². The van der Waals surface area contributed by atoms with Gasteiger partial charge in [0.15, 0.2) is 0 Å². The summed E-state index contributed by atoms with van der Waals surface area (Å²) in [5.74, 6) is 0. The van der Waals surface area contributed by atoms with Crippen molar-refractivity contribution in [3.8, 4) is 0 Å². The predicted octanol–water partition coefficient (Wildman–Crippen LogP) is 2.45. The van der Waals surface area contributed by atoms with Crippen LogP contribution in [0.4, 0.5) is 10.5 Å². The van der Waals surface area contributed by atoms with E-state index in [-0.39, 0.29) is 6.09 Å². The minimum absolute atomic E-state index is 0.208. The lowest BCUT2D eigenvalue weighted by molar-refractivity contribution is 0.105. The fourth-order valence-electron chi connectivity index (χ4n) is 2.47. The maximum absolute atomic E-state index is 11.7. The second-order valence-electron chi connectivity index (χ2n) is 4.99. The van der Waals surface area contributed by atoms with Gasteiger partial charge in [-0.3, -0.25) is 0 Å². The first kappa shape index (κ1) is 16.1. The maximum atomic E-state index is 11.7. The van der Waals surface area contributed by atoms with E-state index >= 15 is 0 Å². The molecule has 2 rings (SSSR count). The second kappa shape index (κ2) is 7.66. The number of hydrogen-bond acceptors (Lipinski definition) is 4. The van der Waals surface area contributed by atoms with Gasteiger partial charge in [-0.2, -0.15) is 0 Å². The SMILES string of the molecule is CCOC(=O)N1CCN(c2ccc(CNC)cc2Br)CC1. The molecule has 1 saturated heterocycles. The third kappa shape index (κ3) is 4.11. The van der Waals surface area contributed by atoms with Gasteiger partial charge in [-0.25, -0.2) is 4.79 Å². The van der Waals surface area contributed by atoms with Gasteiger partial charge in [-0.1, -0.05) is 6.07 Å². The highest BCUT2D eigenvalue weighted by atomic mass is 79.9. The highest BCUT2D eigenvalue weighted by Crippen LogP contribution is 2.28. The van der Waals surface area contributed by atoms with Crippen molar-refractivity contribution in [1.82, 2.24) is 10.2 Å². The zero-order valence-electron chi connectivity index (χ0n) is 12.6. The zero-order valence-corrected chi connectivity index (χ0v) is 14.1. The molecular weight excluding hydrogens is 334 g/mol. The zero-order chi connectivity index (χ0) is 15.2. The van der Waals surface area contributed by atoms with Gasteiger partial charge in [-0.05, 0) is 47.6 Å². The molecule has 0 spiro atoms. The number of halogens is 1. The summed E-state index contributed by atoms with van der Waals surface area (Å²) >= 11 is 3.65. The highest BCUT2D eigenvalue weighted by Gasteiger charge is 2.22. The second-order valence-corrected chi connectivity index (χ2v) is 5.84. The average molecular weight is 356 g/mol. The van der Waals surface area contributed by atoms with Crippen LogP contribution in [0.2, 0.25) is 0 Å². The lowest BCUT2D eigenvalue weighted by Crippen LogP contribution is -2.49. The Hall–Kier alpha value is -1.27. The molecule has 0 aromatic heterocycles. The fraction of sp³-hybridized carbons (Fsp3) is 0.533. The molecule has 1 aliphatic rings. The van der Waals surface area contributed by atoms with Gasteiger partial charge in [0, 0.05) is 37.2 Å². The quantitative estimate of drug-likeness (QED) is 0.900. The largest absolute Gasteiger partial charge is 0.450 e. The number of benzene rings is 1. The lowest BCUT2D eigenvalue weighted by Gasteiger charge is -2.36. The monoisotopic (exact) mass is 355 g/mol. The van der Waals surface area contributed by atoms with Gasteiger partial charge >= 0.3 is 6.09 Å². The average Bonchev–Trinajstić information content (AvgIpc) is 2.48. The number of anilines is 1. The molecule has 0 aliphatic carbocycles. The number of rotatable bonds is 4. The Morgan fingerprint density at radius 2 is 2.05 bits per heavy atom. The molecule has 116 valence electrons. The molecular formula is C15H22BrN3O2. The smallest absolute Gasteiger partial charge is 0.409 e. The fourth-order valence-corrected chi connectivity index (χ4v) is 3.14. The minimum atomic E-state index is -0.208. The molecule has 1 N–H and O–H groups in total. The van der Waals surface area contributed by atoms with E-state index in [0.717, 1.165) is 24.1 Å². The molecule has 6 heteroatoms. The molecule has 1 heterocycles. The summed E-state index contributed by atoms with van der Waals surface area (Å²) in [6, 6.07) is 6.41. The van der Waals surface area contributed by atoms with Crippen molar-refractivity contribution in [2.75, 3.05) is 44.7 Å². The first-order chi connectivity index (χ1) is 10.2. The summed E-state index contributed by atoms with van der Waals surface area (Å²) in [5, 5.41) is 3.15. The van der Waals surface area contributed by atoms with Gasteiger partial charge in [0.05, 0.1) is 12.3 Å². The van der Waals surface area contributed by atoms with Gasteiger partial charge in [-0.15, -0.1) is 0 Å². The number of ether oxygens (including phenoxy) is 1. The van der Waals surface area contributed by atoms with Crippen LogP contribution < -0.4 is 10.2 Å². The van der Waals surface area contributed by atoms with Crippen LogP contribution in [0.3, 0.4) is 0 Å². The Labute approximate surface area is 134 Å². The first-order valence-electron chi connectivity index (χ1n) is 7.25. The molecule has 1 aromatic rings. The highest BCUT2D eigenvalue weighted by molar-refractivity contribution is 9.10. The van der Waals surface area contributed by atoms with E-state index in [0.29, 0.717) is 19.7 Å². The molecule has 0 radical (unpaired) electrons. The van der Waals surface area contributed by atoms with E-state index < -0.39 is 0 Å². The molecule has 1 aliphatic heterocycles. The van der Waals surface area contributed by atoms with E-state index in [2.05, 4.69) is 44.3 Å². The first-order valence-corrected chi connectivity index (χ1v) is 8.04. The Bertz CT molecular complexity index is 488. The van der Waals surface area contributed by atoms with Crippen LogP contribution in [0.15, 0.2) is 22.7 Å². The van der Waals surface area contributed by atoms with Crippen molar-refractivity contribution in [2.24, 2.45) is 0 Å². The molecule has 0 atom stereocenters. The van der Waals surface area contributed by atoms with Crippen molar-refractivity contribution in [3.63, 3.8) is 0 Å². The standard InChI is InChI=1S/C15H22BrN3O2/c1-3-21-15(20)19-8-6-18(7-9-19)14-5-4-12(11-17-2)10-13(14)16/h4-5,10,17H,3,6-9,11H2,1-2H3. The van der Waals surface area contributed by atoms with Crippen molar-refractivity contribution in [2.45, 2.75) is 13.5 Å². The summed E-state index contributed by atoms with van der Waals surface area (Å²) in [6.45, 7) is 6.16. The Morgan fingerprint density at radius 1 is 1.33 bits per heavy atom. The molecule has 1 fully saturated rings.